The van der Waals surface area contributed by atoms with Crippen LogP contribution in [0.1, 0.15) is 49.3 Å². The van der Waals surface area contributed by atoms with Crippen molar-refractivity contribution in [3.63, 3.8) is 0 Å². The minimum Gasteiger partial charge on any atom is -0.508 e. The second-order valence-electron chi connectivity index (χ2n) is 7.68. The van der Waals surface area contributed by atoms with Crippen LogP contribution in [0.3, 0.4) is 0 Å². The number of aromatic nitrogens is 1. The molecule has 1 aliphatic heterocycles. The molecular formula is C25H22N2O6S. The van der Waals surface area contributed by atoms with Gasteiger partial charge in [0.25, 0.3) is 5.91 Å². The van der Waals surface area contributed by atoms with Crippen molar-refractivity contribution in [3.05, 3.63) is 86.6 Å². The van der Waals surface area contributed by atoms with Crippen molar-refractivity contribution in [2.75, 3.05) is 11.5 Å². The van der Waals surface area contributed by atoms with Crippen LogP contribution in [0.25, 0.3) is 0 Å². The Morgan fingerprint density at radius 2 is 1.85 bits per heavy atom. The molecule has 4 rings (SSSR count). The molecule has 0 saturated carbocycles. The number of carbonyl (C=O) groups excluding carboxylic acids is 3. The topological polar surface area (TPSA) is 117 Å². The Balaban J connectivity index is 1.87. The molecule has 0 spiro atoms. The number of Topliss-reactive ketones (excluding diaryl/α,β-unsaturated/α-hetero) is 1. The fourth-order valence-corrected chi connectivity index (χ4v) is 4.85. The molecule has 174 valence electrons. The molecule has 2 heterocycles. The minimum absolute atomic E-state index is 0.0619. The lowest BCUT2D eigenvalue weighted by atomic mass is 9.94. The Kier molecular flexibility index (Phi) is 6.21. The maximum atomic E-state index is 13.6. The summed E-state index contributed by atoms with van der Waals surface area (Å²) in [7, 11) is 0. The van der Waals surface area contributed by atoms with Crippen molar-refractivity contribution >= 4 is 34.7 Å². The lowest BCUT2D eigenvalue weighted by molar-refractivity contribution is -0.117. The average Bonchev–Trinajstić information content (AvgIpc) is 3.29. The van der Waals surface area contributed by atoms with Gasteiger partial charge in [-0.05, 0) is 56.7 Å². The molecule has 0 saturated heterocycles. The maximum absolute atomic E-state index is 13.6. The normalized spacial score (nSPS) is 15.7. The molecule has 1 unspecified atom stereocenters. The van der Waals surface area contributed by atoms with Gasteiger partial charge < -0.3 is 14.9 Å². The Labute approximate surface area is 199 Å². The van der Waals surface area contributed by atoms with Crippen molar-refractivity contribution in [3.8, 4) is 5.75 Å². The third-order valence-electron chi connectivity index (χ3n) is 5.38. The average molecular weight is 479 g/mol. The first-order valence-electron chi connectivity index (χ1n) is 10.5. The lowest BCUT2D eigenvalue weighted by Gasteiger charge is -2.27. The molecule has 2 N–H and O–H groups in total. The molecule has 1 atom stereocenters. The van der Waals surface area contributed by atoms with Gasteiger partial charge in [0.05, 0.1) is 39.4 Å². The summed E-state index contributed by atoms with van der Waals surface area (Å²) < 4.78 is 5.06. The molecule has 1 amide bonds. The van der Waals surface area contributed by atoms with Crippen molar-refractivity contribution < 1.29 is 29.3 Å². The molecule has 1 aromatic heterocycles. The van der Waals surface area contributed by atoms with Gasteiger partial charge in [0.15, 0.2) is 5.76 Å². The monoisotopic (exact) mass is 478 g/mol. The summed E-state index contributed by atoms with van der Waals surface area (Å²) in [5, 5.41) is 21.7. The number of rotatable bonds is 6. The van der Waals surface area contributed by atoms with Crippen LogP contribution in [-0.2, 0) is 9.53 Å². The van der Waals surface area contributed by atoms with Crippen LogP contribution in [0.4, 0.5) is 5.69 Å². The summed E-state index contributed by atoms with van der Waals surface area (Å²) >= 11 is 1.18. The fourth-order valence-electron chi connectivity index (χ4n) is 3.98. The summed E-state index contributed by atoms with van der Waals surface area (Å²) in [5.74, 6) is -2.63. The Hall–Kier alpha value is -3.98. The van der Waals surface area contributed by atoms with Crippen molar-refractivity contribution in [2.24, 2.45) is 0 Å². The number of ether oxygens (including phenoxy) is 1. The summed E-state index contributed by atoms with van der Waals surface area (Å²) in [5.41, 5.74) is 1.30. The number of aliphatic hydroxyl groups excluding tert-OH is 1. The van der Waals surface area contributed by atoms with Crippen LogP contribution in [0.2, 0.25) is 0 Å². The summed E-state index contributed by atoms with van der Waals surface area (Å²) in [6.45, 7) is 5.33. The number of benzene rings is 2. The first kappa shape index (κ1) is 23.2. The van der Waals surface area contributed by atoms with E-state index >= 15 is 0 Å². The highest BCUT2D eigenvalue weighted by Gasteiger charge is 2.45. The zero-order valence-electron chi connectivity index (χ0n) is 18.7. The summed E-state index contributed by atoms with van der Waals surface area (Å²) in [4.78, 5) is 45.0. The predicted molar refractivity (Wildman–Crippen MR) is 126 cm³/mol. The number of thiazole rings is 1. The highest BCUT2D eigenvalue weighted by Crippen LogP contribution is 2.43. The molecule has 2 aromatic carbocycles. The number of esters is 1. The molecule has 9 heteroatoms. The SMILES string of the molecule is CCOC(=O)c1cccc(N2C(=O)C(O)=C(C(=O)c3sc(C)nc3C)C2c2cccc(O)c2)c1. The van der Waals surface area contributed by atoms with E-state index in [-0.39, 0.29) is 29.2 Å². The number of aromatic hydroxyl groups is 1. The number of hydrogen-bond acceptors (Lipinski definition) is 8. The van der Waals surface area contributed by atoms with E-state index in [2.05, 4.69) is 4.98 Å². The van der Waals surface area contributed by atoms with E-state index in [4.69, 9.17) is 4.74 Å². The van der Waals surface area contributed by atoms with Crippen molar-refractivity contribution in [1.29, 1.82) is 0 Å². The second-order valence-corrected chi connectivity index (χ2v) is 8.89. The Bertz CT molecular complexity index is 1340. The number of phenolic OH excluding ortho intramolecular Hbond substituents is 1. The second kappa shape index (κ2) is 9.11. The van der Waals surface area contributed by atoms with Gasteiger partial charge in [-0.3, -0.25) is 14.5 Å². The van der Waals surface area contributed by atoms with Crippen LogP contribution >= 0.6 is 11.3 Å². The molecule has 0 aliphatic carbocycles. The van der Waals surface area contributed by atoms with Gasteiger partial charge in [-0.25, -0.2) is 9.78 Å². The number of phenols is 1. The minimum atomic E-state index is -1.04. The zero-order valence-corrected chi connectivity index (χ0v) is 19.5. The fraction of sp³-hybridized carbons (Fsp3) is 0.200. The van der Waals surface area contributed by atoms with Crippen LogP contribution in [0.15, 0.2) is 59.9 Å². The molecule has 0 radical (unpaired) electrons. The zero-order chi connectivity index (χ0) is 24.6. The number of aliphatic hydroxyl groups is 1. The quantitative estimate of drug-likeness (QED) is 0.398. The molecule has 1 aliphatic rings. The number of ketones is 1. The lowest BCUT2D eigenvalue weighted by Crippen LogP contribution is -2.31. The van der Waals surface area contributed by atoms with Crippen LogP contribution < -0.4 is 4.90 Å². The van der Waals surface area contributed by atoms with Crippen molar-refractivity contribution in [1.82, 2.24) is 4.98 Å². The van der Waals surface area contributed by atoms with Gasteiger partial charge in [-0.15, -0.1) is 11.3 Å². The molecule has 0 bridgehead atoms. The first-order chi connectivity index (χ1) is 16.2. The first-order valence-corrected chi connectivity index (χ1v) is 11.4. The van der Waals surface area contributed by atoms with Crippen LogP contribution in [0, 0.1) is 13.8 Å². The third kappa shape index (κ3) is 4.06. The molecular weight excluding hydrogens is 456 g/mol. The smallest absolute Gasteiger partial charge is 0.338 e. The van der Waals surface area contributed by atoms with Gasteiger partial charge >= 0.3 is 5.97 Å². The van der Waals surface area contributed by atoms with E-state index in [9.17, 15) is 24.6 Å². The number of carbonyl (C=O) groups is 3. The van der Waals surface area contributed by atoms with E-state index in [1.165, 1.54) is 34.4 Å². The number of amides is 1. The highest BCUT2D eigenvalue weighted by atomic mass is 32.1. The molecule has 3 aromatic rings. The van der Waals surface area contributed by atoms with E-state index in [0.717, 1.165) is 0 Å². The highest BCUT2D eigenvalue weighted by molar-refractivity contribution is 7.14. The Morgan fingerprint density at radius 3 is 2.50 bits per heavy atom. The number of anilines is 1. The number of hydrogen-bond donors (Lipinski definition) is 2. The van der Waals surface area contributed by atoms with Gasteiger partial charge in [0.2, 0.25) is 5.78 Å². The standard InChI is InChI=1S/C25H22N2O6S/c1-4-33-25(32)16-8-5-9-17(11-16)27-20(15-7-6-10-18(28)12-15)19(22(30)24(27)31)21(29)23-13(2)26-14(3)34-23/h5-12,20,28,30H,4H2,1-3H3. The number of nitrogens with zero attached hydrogens (tertiary/aromatic N) is 2. The van der Waals surface area contributed by atoms with E-state index in [1.54, 1.807) is 51.1 Å². The van der Waals surface area contributed by atoms with Gasteiger partial charge in [-0.1, -0.05) is 18.2 Å². The van der Waals surface area contributed by atoms with Crippen molar-refractivity contribution in [2.45, 2.75) is 26.8 Å². The molecule has 34 heavy (non-hydrogen) atoms. The third-order valence-corrected chi connectivity index (χ3v) is 6.46. The Morgan fingerprint density at radius 1 is 1.12 bits per heavy atom. The molecule has 0 fully saturated rings. The summed E-state index contributed by atoms with van der Waals surface area (Å²) in [6.07, 6.45) is 0. The largest absolute Gasteiger partial charge is 0.508 e. The molecule has 8 nitrogen and oxygen atoms in total. The maximum Gasteiger partial charge on any atom is 0.338 e. The van der Waals surface area contributed by atoms with E-state index in [1.807, 2.05) is 0 Å². The summed E-state index contributed by atoms with van der Waals surface area (Å²) in [6, 6.07) is 11.3. The van der Waals surface area contributed by atoms with Gasteiger partial charge in [0, 0.05) is 5.69 Å². The number of aryl methyl sites for hydroxylation is 2. The van der Waals surface area contributed by atoms with Gasteiger partial charge in [0.1, 0.15) is 5.75 Å². The van der Waals surface area contributed by atoms with Crippen LogP contribution in [-0.4, -0.2) is 39.5 Å². The van der Waals surface area contributed by atoms with E-state index in [0.29, 0.717) is 21.1 Å². The predicted octanol–water partition coefficient (Wildman–Crippen LogP) is 4.43. The van der Waals surface area contributed by atoms with Gasteiger partial charge in [-0.2, -0.15) is 0 Å². The van der Waals surface area contributed by atoms with Crippen LogP contribution in [0.5, 0.6) is 5.75 Å². The van der Waals surface area contributed by atoms with E-state index < -0.39 is 29.5 Å².